The van der Waals surface area contributed by atoms with Crippen LogP contribution in [0.5, 0.6) is 0 Å². The SMILES string of the molecule is C=C1C(=O)O[C@@H]2/C=C(/CO)CC/C=C(\C)CC[C@@H]12. The van der Waals surface area contributed by atoms with Crippen LogP contribution in [0.25, 0.3) is 0 Å². The first-order chi connectivity index (χ1) is 8.61. The van der Waals surface area contributed by atoms with Crippen molar-refractivity contribution >= 4 is 5.97 Å². The highest BCUT2D eigenvalue weighted by Gasteiger charge is 2.37. The lowest BCUT2D eigenvalue weighted by molar-refractivity contribution is -0.137. The number of allylic oxidation sites excluding steroid dienone is 2. The van der Waals surface area contributed by atoms with Crippen LogP contribution < -0.4 is 0 Å². The molecule has 2 atom stereocenters. The first-order valence-electron chi connectivity index (χ1n) is 6.47. The first kappa shape index (κ1) is 13.1. The van der Waals surface area contributed by atoms with Gasteiger partial charge >= 0.3 is 5.97 Å². The Labute approximate surface area is 108 Å². The standard InChI is InChI=1S/C15H20O3/c1-10-4-3-5-12(9-16)8-14-13(7-6-10)11(2)15(17)18-14/h4,8,13-14,16H,2-3,5-7,9H2,1H3/b10-4+,12-8+/t13-,14+/m0/s1. The molecule has 3 nitrogen and oxygen atoms in total. The summed E-state index contributed by atoms with van der Waals surface area (Å²) in [4.78, 5) is 11.6. The monoisotopic (exact) mass is 248 g/mol. The number of hydrogen-bond donors (Lipinski definition) is 1. The Morgan fingerprint density at radius 1 is 1.50 bits per heavy atom. The molecule has 2 rings (SSSR count). The third-order valence-electron chi connectivity index (χ3n) is 3.76. The number of ether oxygens (including phenoxy) is 1. The van der Waals surface area contributed by atoms with E-state index in [1.54, 1.807) is 0 Å². The predicted octanol–water partition coefficient (Wildman–Crippen LogP) is 2.52. The van der Waals surface area contributed by atoms with E-state index in [2.05, 4.69) is 19.6 Å². The van der Waals surface area contributed by atoms with Gasteiger partial charge in [-0.2, -0.15) is 0 Å². The van der Waals surface area contributed by atoms with E-state index in [4.69, 9.17) is 4.74 Å². The quantitative estimate of drug-likeness (QED) is 0.440. The third-order valence-corrected chi connectivity index (χ3v) is 3.76. The number of aliphatic hydroxyl groups is 1. The number of rotatable bonds is 1. The summed E-state index contributed by atoms with van der Waals surface area (Å²) in [6.45, 7) is 5.97. The van der Waals surface area contributed by atoms with E-state index in [-0.39, 0.29) is 24.6 Å². The van der Waals surface area contributed by atoms with Crippen LogP contribution >= 0.6 is 0 Å². The molecule has 0 spiro atoms. The number of carbonyl (C=O) groups is 1. The van der Waals surface area contributed by atoms with Gasteiger partial charge in [-0.3, -0.25) is 0 Å². The molecule has 0 aromatic carbocycles. The molecule has 1 aliphatic carbocycles. The molecule has 18 heavy (non-hydrogen) atoms. The highest BCUT2D eigenvalue weighted by atomic mass is 16.5. The Balaban J connectivity index is 2.26. The summed E-state index contributed by atoms with van der Waals surface area (Å²) in [5.74, 6) is -0.236. The zero-order valence-electron chi connectivity index (χ0n) is 10.8. The van der Waals surface area contributed by atoms with Crippen LogP contribution in [-0.2, 0) is 9.53 Å². The molecule has 98 valence electrons. The molecule has 1 saturated heterocycles. The molecule has 0 unspecified atom stereocenters. The number of hydrogen-bond acceptors (Lipinski definition) is 3. The fourth-order valence-corrected chi connectivity index (χ4v) is 2.56. The second-order valence-corrected chi connectivity index (χ2v) is 5.11. The molecule has 1 fully saturated rings. The van der Waals surface area contributed by atoms with E-state index in [1.807, 2.05) is 6.08 Å². The maximum atomic E-state index is 11.6. The molecule has 0 saturated carbocycles. The lowest BCUT2D eigenvalue weighted by Crippen LogP contribution is -2.16. The molecule has 0 aromatic rings. The van der Waals surface area contributed by atoms with Crippen molar-refractivity contribution in [1.82, 2.24) is 0 Å². The van der Waals surface area contributed by atoms with E-state index in [9.17, 15) is 9.90 Å². The Morgan fingerprint density at radius 2 is 2.28 bits per heavy atom. The van der Waals surface area contributed by atoms with Crippen molar-refractivity contribution in [2.45, 2.75) is 38.7 Å². The summed E-state index contributed by atoms with van der Waals surface area (Å²) >= 11 is 0. The summed E-state index contributed by atoms with van der Waals surface area (Å²) in [6.07, 6.45) is 7.50. The fourth-order valence-electron chi connectivity index (χ4n) is 2.56. The lowest BCUT2D eigenvalue weighted by Gasteiger charge is -2.17. The minimum atomic E-state index is -0.292. The lowest BCUT2D eigenvalue weighted by atomic mass is 9.88. The topological polar surface area (TPSA) is 46.5 Å². The van der Waals surface area contributed by atoms with Crippen molar-refractivity contribution in [3.05, 3.63) is 35.5 Å². The van der Waals surface area contributed by atoms with Crippen LogP contribution in [0.15, 0.2) is 35.5 Å². The molecular weight excluding hydrogens is 228 g/mol. The van der Waals surface area contributed by atoms with Crippen molar-refractivity contribution in [3.8, 4) is 0 Å². The zero-order chi connectivity index (χ0) is 13.1. The maximum Gasteiger partial charge on any atom is 0.334 e. The normalized spacial score (nSPS) is 35.0. The third kappa shape index (κ3) is 2.72. The maximum absolute atomic E-state index is 11.6. The van der Waals surface area contributed by atoms with Gasteiger partial charge in [-0.1, -0.05) is 18.2 Å². The van der Waals surface area contributed by atoms with Crippen LogP contribution in [0, 0.1) is 5.92 Å². The van der Waals surface area contributed by atoms with Crippen molar-refractivity contribution in [2.24, 2.45) is 5.92 Å². The van der Waals surface area contributed by atoms with E-state index in [1.165, 1.54) is 5.57 Å². The van der Waals surface area contributed by atoms with Gasteiger partial charge in [0.05, 0.1) is 6.61 Å². The van der Waals surface area contributed by atoms with E-state index in [0.717, 1.165) is 31.3 Å². The minimum absolute atomic E-state index is 0.0279. The Morgan fingerprint density at radius 3 is 3.00 bits per heavy atom. The molecule has 0 aromatic heterocycles. The highest BCUT2D eigenvalue weighted by Crippen LogP contribution is 2.34. The number of aliphatic hydroxyl groups excluding tert-OH is 1. The molecule has 0 bridgehead atoms. The van der Waals surface area contributed by atoms with Gasteiger partial charge in [-0.25, -0.2) is 4.79 Å². The van der Waals surface area contributed by atoms with Gasteiger partial charge in [-0.05, 0) is 44.3 Å². The van der Waals surface area contributed by atoms with Gasteiger partial charge in [0.2, 0.25) is 0 Å². The van der Waals surface area contributed by atoms with Gasteiger partial charge in [-0.15, -0.1) is 0 Å². The molecule has 2 aliphatic rings. The smallest absolute Gasteiger partial charge is 0.334 e. The summed E-state index contributed by atoms with van der Waals surface area (Å²) in [7, 11) is 0. The van der Waals surface area contributed by atoms with Crippen molar-refractivity contribution in [1.29, 1.82) is 0 Å². The average molecular weight is 248 g/mol. The van der Waals surface area contributed by atoms with Crippen LogP contribution in [0.2, 0.25) is 0 Å². The number of fused-ring (bicyclic) bond motifs is 1. The van der Waals surface area contributed by atoms with E-state index in [0.29, 0.717) is 5.57 Å². The minimum Gasteiger partial charge on any atom is -0.454 e. The average Bonchev–Trinajstić information content (AvgIpc) is 2.61. The summed E-state index contributed by atoms with van der Waals surface area (Å²) in [5.41, 5.74) is 2.85. The zero-order valence-corrected chi connectivity index (χ0v) is 10.8. The second kappa shape index (κ2) is 5.53. The Hall–Kier alpha value is -1.35. The van der Waals surface area contributed by atoms with Crippen LogP contribution in [0.3, 0.4) is 0 Å². The predicted molar refractivity (Wildman–Crippen MR) is 69.9 cm³/mol. The van der Waals surface area contributed by atoms with Gasteiger partial charge in [0, 0.05) is 11.5 Å². The summed E-state index contributed by atoms with van der Waals surface area (Å²) < 4.78 is 5.33. The van der Waals surface area contributed by atoms with E-state index < -0.39 is 0 Å². The Bertz CT molecular complexity index is 417. The molecular formula is C15H20O3. The summed E-state index contributed by atoms with van der Waals surface area (Å²) in [5, 5.41) is 9.34. The van der Waals surface area contributed by atoms with E-state index >= 15 is 0 Å². The molecule has 1 aliphatic heterocycles. The summed E-state index contributed by atoms with van der Waals surface area (Å²) in [6, 6.07) is 0. The van der Waals surface area contributed by atoms with Crippen molar-refractivity contribution in [3.63, 3.8) is 0 Å². The second-order valence-electron chi connectivity index (χ2n) is 5.11. The van der Waals surface area contributed by atoms with Gasteiger partial charge in [0.15, 0.2) is 0 Å². The fraction of sp³-hybridized carbons (Fsp3) is 0.533. The van der Waals surface area contributed by atoms with Crippen LogP contribution in [0.1, 0.15) is 32.6 Å². The molecule has 1 heterocycles. The van der Waals surface area contributed by atoms with Gasteiger partial charge in [0.1, 0.15) is 6.10 Å². The highest BCUT2D eigenvalue weighted by molar-refractivity contribution is 5.91. The Kier molecular flexibility index (Phi) is 4.02. The largest absolute Gasteiger partial charge is 0.454 e. The first-order valence-corrected chi connectivity index (χ1v) is 6.47. The van der Waals surface area contributed by atoms with Crippen molar-refractivity contribution < 1.29 is 14.6 Å². The van der Waals surface area contributed by atoms with Crippen LogP contribution in [0.4, 0.5) is 0 Å². The van der Waals surface area contributed by atoms with Crippen molar-refractivity contribution in [2.75, 3.05) is 6.61 Å². The number of esters is 1. The number of carbonyl (C=O) groups excluding carboxylic acids is 1. The molecule has 1 N–H and O–H groups in total. The van der Waals surface area contributed by atoms with Gasteiger partial charge in [0.25, 0.3) is 0 Å². The molecule has 0 amide bonds. The molecule has 0 radical (unpaired) electrons. The van der Waals surface area contributed by atoms with Crippen LogP contribution in [-0.4, -0.2) is 23.8 Å². The molecule has 3 heteroatoms. The van der Waals surface area contributed by atoms with Gasteiger partial charge < -0.3 is 9.84 Å².